The number of ketones is 1. The zero-order chi connectivity index (χ0) is 19.9. The second-order valence-electron chi connectivity index (χ2n) is 6.02. The van der Waals surface area contributed by atoms with Crippen LogP contribution >= 0.6 is 0 Å². The molecule has 2 aromatic carbocycles. The largest absolute Gasteiger partial charge is 0.416 e. The first kappa shape index (κ1) is 19.8. The highest BCUT2D eigenvalue weighted by Crippen LogP contribution is 2.36. The van der Waals surface area contributed by atoms with E-state index in [1.807, 2.05) is 0 Å². The predicted octanol–water partition coefficient (Wildman–Crippen LogP) is 5.33. The molecule has 0 heterocycles. The third-order valence-corrected chi connectivity index (χ3v) is 3.79. The molecule has 0 atom stereocenters. The topological polar surface area (TPSA) is 20.3 Å². The number of aryl methyl sites for hydroxylation is 1. The lowest BCUT2D eigenvalue weighted by molar-refractivity contribution is -0.143. The summed E-state index contributed by atoms with van der Waals surface area (Å²) in [6, 6.07) is 5.26. The van der Waals surface area contributed by atoms with Crippen molar-refractivity contribution in [3.05, 3.63) is 64.2 Å². The molecule has 26 heavy (non-hydrogen) atoms. The van der Waals surface area contributed by atoms with Gasteiger partial charge in [0.25, 0.3) is 0 Å². The summed E-state index contributed by atoms with van der Waals surface area (Å²) in [7, 11) is 3.54. The average molecular weight is 375 g/mol. The number of carbonyl (C=O) groups excluding carboxylic acids is 1. The second-order valence-corrected chi connectivity index (χ2v) is 6.02. The quantitative estimate of drug-likeness (QED) is 0.534. The number of alkyl halides is 6. The summed E-state index contributed by atoms with van der Waals surface area (Å²) in [5.41, 5.74) is -2.23. The van der Waals surface area contributed by atoms with Gasteiger partial charge < -0.3 is 4.90 Å². The van der Waals surface area contributed by atoms with Crippen LogP contribution in [0.1, 0.15) is 32.6 Å². The van der Waals surface area contributed by atoms with E-state index in [0.29, 0.717) is 17.7 Å². The average Bonchev–Trinajstić information content (AvgIpc) is 2.51. The smallest absolute Gasteiger partial charge is 0.377 e. The molecule has 0 aliphatic carbocycles. The number of hydrogen-bond acceptors (Lipinski definition) is 2. The normalized spacial score (nSPS) is 12.2. The van der Waals surface area contributed by atoms with Gasteiger partial charge in [-0.2, -0.15) is 26.3 Å². The highest BCUT2D eigenvalue weighted by atomic mass is 19.4. The minimum atomic E-state index is -5.00. The first-order valence-corrected chi connectivity index (χ1v) is 7.43. The summed E-state index contributed by atoms with van der Waals surface area (Å²) in [5.74, 6) is -0.907. The van der Waals surface area contributed by atoms with Gasteiger partial charge in [0.2, 0.25) is 0 Å². The van der Waals surface area contributed by atoms with Gasteiger partial charge in [-0.15, -0.1) is 0 Å². The molecule has 2 aromatic rings. The third-order valence-electron chi connectivity index (χ3n) is 3.79. The Hall–Kier alpha value is -2.51. The summed E-state index contributed by atoms with van der Waals surface area (Å²) in [5, 5.41) is 0. The van der Waals surface area contributed by atoms with E-state index in [9.17, 15) is 31.1 Å². The molecule has 0 aromatic heterocycles. The summed E-state index contributed by atoms with van der Waals surface area (Å²) < 4.78 is 77.5. The van der Waals surface area contributed by atoms with Gasteiger partial charge in [-0.25, -0.2) is 0 Å². The predicted molar refractivity (Wildman–Crippen MR) is 85.4 cm³/mol. The zero-order valence-corrected chi connectivity index (χ0v) is 14.1. The van der Waals surface area contributed by atoms with Crippen LogP contribution in [0.5, 0.6) is 0 Å². The number of halogens is 6. The molecule has 0 fully saturated rings. The van der Waals surface area contributed by atoms with E-state index in [-0.39, 0.29) is 11.6 Å². The van der Waals surface area contributed by atoms with E-state index in [1.54, 1.807) is 32.0 Å². The van der Waals surface area contributed by atoms with Crippen molar-refractivity contribution < 1.29 is 31.1 Å². The molecular formula is C18H15F6NO. The van der Waals surface area contributed by atoms with Crippen LogP contribution < -0.4 is 4.90 Å². The fraction of sp³-hybridized carbons (Fsp3) is 0.278. The number of benzene rings is 2. The van der Waals surface area contributed by atoms with E-state index in [2.05, 4.69) is 0 Å². The van der Waals surface area contributed by atoms with Crippen molar-refractivity contribution in [3.8, 4) is 0 Å². The first-order valence-electron chi connectivity index (χ1n) is 7.43. The molecule has 0 saturated carbocycles. The van der Waals surface area contributed by atoms with Crippen molar-refractivity contribution in [1.82, 2.24) is 0 Å². The highest BCUT2D eigenvalue weighted by Gasteiger charge is 2.37. The van der Waals surface area contributed by atoms with Gasteiger partial charge in [0.15, 0.2) is 5.78 Å². The van der Waals surface area contributed by atoms with Crippen molar-refractivity contribution in [2.24, 2.45) is 0 Å². The van der Waals surface area contributed by atoms with Crippen molar-refractivity contribution in [3.63, 3.8) is 0 Å². The lowest BCUT2D eigenvalue weighted by atomic mass is 9.96. The van der Waals surface area contributed by atoms with Crippen LogP contribution in [0.2, 0.25) is 0 Å². The van der Waals surface area contributed by atoms with E-state index in [4.69, 9.17) is 0 Å². The molecule has 140 valence electrons. The molecule has 0 N–H and O–H groups in total. The summed E-state index contributed by atoms with van der Waals surface area (Å²) >= 11 is 0. The van der Waals surface area contributed by atoms with Crippen LogP contribution in [-0.2, 0) is 12.4 Å². The molecule has 0 saturated heterocycles. The molecule has 0 aliphatic heterocycles. The summed E-state index contributed by atoms with van der Waals surface area (Å²) in [6.45, 7) is 1.69. The number of rotatable bonds is 3. The van der Waals surface area contributed by atoms with E-state index in [0.717, 1.165) is 5.69 Å². The first-order chi connectivity index (χ1) is 11.8. The van der Waals surface area contributed by atoms with Crippen LogP contribution in [0.4, 0.5) is 32.0 Å². The van der Waals surface area contributed by atoms with Gasteiger partial charge >= 0.3 is 12.4 Å². The summed E-state index contributed by atoms with van der Waals surface area (Å²) in [4.78, 5) is 14.3. The maximum Gasteiger partial charge on any atom is 0.416 e. The minimum Gasteiger partial charge on any atom is -0.377 e. The second kappa shape index (κ2) is 6.66. The SMILES string of the molecule is Cc1cc(C(=O)c2cc(C(F)(F)F)cc(C(F)(F)F)c2)ccc1N(C)C. The Bertz CT molecular complexity index is 804. The Kier molecular flexibility index (Phi) is 5.07. The standard InChI is InChI=1S/C18H15F6NO/c1-10-6-11(4-5-15(10)25(2)3)16(26)12-7-13(17(19,20)21)9-14(8-12)18(22,23)24/h4-9H,1-3H3. The minimum absolute atomic E-state index is 0.00281. The Morgan fingerprint density at radius 3 is 1.69 bits per heavy atom. The molecule has 0 unspecified atom stereocenters. The fourth-order valence-electron chi connectivity index (χ4n) is 2.55. The maximum absolute atomic E-state index is 12.9. The van der Waals surface area contributed by atoms with Gasteiger partial charge in [0, 0.05) is 30.9 Å². The van der Waals surface area contributed by atoms with Gasteiger partial charge in [-0.3, -0.25) is 4.79 Å². The van der Waals surface area contributed by atoms with Crippen LogP contribution in [0.25, 0.3) is 0 Å². The van der Waals surface area contributed by atoms with Gasteiger partial charge in [-0.1, -0.05) is 0 Å². The molecule has 2 nitrogen and oxygen atoms in total. The Morgan fingerprint density at radius 2 is 1.31 bits per heavy atom. The molecule has 0 spiro atoms. The molecule has 2 rings (SSSR count). The maximum atomic E-state index is 12.9. The Labute approximate surface area is 146 Å². The fourth-order valence-corrected chi connectivity index (χ4v) is 2.55. The molecular weight excluding hydrogens is 360 g/mol. The molecule has 0 radical (unpaired) electrons. The lowest BCUT2D eigenvalue weighted by Crippen LogP contribution is -2.14. The number of hydrogen-bond donors (Lipinski definition) is 0. The van der Waals surface area contributed by atoms with Crippen LogP contribution in [0, 0.1) is 6.92 Å². The van der Waals surface area contributed by atoms with E-state index >= 15 is 0 Å². The Morgan fingerprint density at radius 1 is 0.808 bits per heavy atom. The molecule has 0 bridgehead atoms. The van der Waals surface area contributed by atoms with Crippen LogP contribution in [0.3, 0.4) is 0 Å². The van der Waals surface area contributed by atoms with Crippen LogP contribution in [-0.4, -0.2) is 19.9 Å². The van der Waals surface area contributed by atoms with Crippen molar-refractivity contribution >= 4 is 11.5 Å². The van der Waals surface area contributed by atoms with Crippen molar-refractivity contribution in [2.75, 3.05) is 19.0 Å². The number of nitrogens with zero attached hydrogens (tertiary/aromatic N) is 1. The summed E-state index contributed by atoms with van der Waals surface area (Å²) in [6.07, 6.45) is -10.00. The number of anilines is 1. The Balaban J connectivity index is 2.57. The van der Waals surface area contributed by atoms with Crippen molar-refractivity contribution in [1.29, 1.82) is 0 Å². The van der Waals surface area contributed by atoms with Gasteiger partial charge in [-0.05, 0) is 48.9 Å². The van der Waals surface area contributed by atoms with Gasteiger partial charge in [0.1, 0.15) is 0 Å². The number of carbonyl (C=O) groups is 1. The highest BCUT2D eigenvalue weighted by molar-refractivity contribution is 6.09. The zero-order valence-electron chi connectivity index (χ0n) is 14.1. The van der Waals surface area contributed by atoms with Gasteiger partial charge in [0.05, 0.1) is 11.1 Å². The van der Waals surface area contributed by atoms with Crippen LogP contribution in [0.15, 0.2) is 36.4 Å². The van der Waals surface area contributed by atoms with E-state index < -0.39 is 34.8 Å². The molecule has 0 amide bonds. The third kappa shape index (κ3) is 4.17. The monoisotopic (exact) mass is 375 g/mol. The van der Waals surface area contributed by atoms with E-state index in [1.165, 1.54) is 12.1 Å². The lowest BCUT2D eigenvalue weighted by Gasteiger charge is -2.17. The van der Waals surface area contributed by atoms with Crippen molar-refractivity contribution in [2.45, 2.75) is 19.3 Å². The molecule has 8 heteroatoms. The molecule has 0 aliphatic rings.